The first kappa shape index (κ1) is 81.9. The van der Waals surface area contributed by atoms with Crippen LogP contribution in [0.1, 0.15) is 260 Å². The number of hydrogen-bond donors (Lipinski definition) is 10. The molecule has 0 aromatic heterocycles. The van der Waals surface area contributed by atoms with Crippen LogP contribution in [-0.4, -0.2) is 136 Å². The molecule has 0 aliphatic rings. The predicted molar refractivity (Wildman–Crippen MR) is 339 cm³/mol. The summed E-state index contributed by atoms with van der Waals surface area (Å²) in [4.78, 5) is 101. The predicted octanol–water partition coefficient (Wildman–Crippen LogP) is 8.99. The number of ketones is 3. The van der Waals surface area contributed by atoms with E-state index in [1.54, 1.807) is 0 Å². The molecule has 0 rings (SSSR count). The number of carbonyl (C=O) groups excluding carboxylic acids is 7. The SMILES string of the molecule is C.C.CC(C)(C)CCC(NC(C)(C)C)C(=O)CCC(NC(=O)C(CNC(C)(C)C)NC(C)(C)C)C(=O)CCC(NC(=O)C(CNC(=O)C(CNC(C)(C)C)NC(C)(C)C)NC(=O)C(CCC(C)(C)C)NC(C)(C)C)C(=O)CC(C)(C)C. The van der Waals surface area contributed by atoms with Gasteiger partial charge in [-0.3, -0.25) is 33.6 Å². The lowest BCUT2D eigenvalue weighted by molar-refractivity contribution is -0.134. The molecule has 4 amide bonds. The highest BCUT2D eigenvalue weighted by molar-refractivity contribution is 5.96. The fourth-order valence-electron chi connectivity index (χ4n) is 8.61. The molecule has 0 saturated carbocycles. The van der Waals surface area contributed by atoms with Crippen LogP contribution in [0.5, 0.6) is 0 Å². The molecule has 0 bridgehead atoms. The van der Waals surface area contributed by atoms with Gasteiger partial charge in [0.25, 0.3) is 0 Å². The van der Waals surface area contributed by atoms with E-state index < -0.39 is 93.7 Å². The maximum atomic E-state index is 14.9. The Kier molecular flexibility index (Phi) is 33.7. The molecular formula is C64H130N10O7. The summed E-state index contributed by atoms with van der Waals surface area (Å²) >= 11 is 0. The molecular weight excluding hydrogens is 1020 g/mol. The van der Waals surface area contributed by atoms with Gasteiger partial charge < -0.3 is 53.2 Å². The van der Waals surface area contributed by atoms with Crippen molar-refractivity contribution in [3.8, 4) is 0 Å². The third-order valence-corrected chi connectivity index (χ3v) is 12.4. The molecule has 0 heterocycles. The number of carbonyl (C=O) groups is 7. The molecule has 0 aromatic rings. The summed E-state index contributed by atoms with van der Waals surface area (Å²) in [5.74, 6) is -2.75. The Hall–Kier alpha value is -3.35. The van der Waals surface area contributed by atoms with Gasteiger partial charge in [-0.05, 0) is 179 Å². The Morgan fingerprint density at radius 2 is 0.593 bits per heavy atom. The van der Waals surface area contributed by atoms with E-state index in [0.717, 1.165) is 6.42 Å². The summed E-state index contributed by atoms with van der Waals surface area (Å²) in [6, 6.07) is -6.27. The summed E-state index contributed by atoms with van der Waals surface area (Å²) in [6.07, 6.45) is 2.26. The summed E-state index contributed by atoms with van der Waals surface area (Å²) < 4.78 is 0. The van der Waals surface area contributed by atoms with Crippen LogP contribution in [0.3, 0.4) is 0 Å². The van der Waals surface area contributed by atoms with Gasteiger partial charge in [0, 0.05) is 72.1 Å². The molecule has 0 radical (unpaired) electrons. The van der Waals surface area contributed by atoms with Crippen LogP contribution in [0.15, 0.2) is 0 Å². The minimum atomic E-state index is -1.33. The van der Waals surface area contributed by atoms with Crippen LogP contribution >= 0.6 is 0 Å². The zero-order valence-corrected chi connectivity index (χ0v) is 55.4. The quantitative estimate of drug-likeness (QED) is 0.0312. The zero-order valence-electron chi connectivity index (χ0n) is 55.4. The molecule has 81 heavy (non-hydrogen) atoms. The van der Waals surface area contributed by atoms with Crippen LogP contribution in [-0.2, 0) is 33.6 Å². The lowest BCUT2D eigenvalue weighted by Crippen LogP contribution is -2.62. The van der Waals surface area contributed by atoms with E-state index >= 15 is 0 Å². The minimum Gasteiger partial charge on any atom is -0.352 e. The van der Waals surface area contributed by atoms with Gasteiger partial charge in [-0.2, -0.15) is 0 Å². The summed E-state index contributed by atoms with van der Waals surface area (Å²) in [5.41, 5.74) is -3.00. The van der Waals surface area contributed by atoms with Crippen molar-refractivity contribution in [2.75, 3.05) is 19.6 Å². The van der Waals surface area contributed by atoms with Gasteiger partial charge >= 0.3 is 0 Å². The molecule has 10 N–H and O–H groups in total. The normalized spacial score (nSPS) is 15.8. The van der Waals surface area contributed by atoms with Crippen LogP contribution in [0, 0.1) is 16.2 Å². The summed E-state index contributed by atoms with van der Waals surface area (Å²) in [6.45, 7) is 54.3. The maximum absolute atomic E-state index is 14.9. The van der Waals surface area contributed by atoms with Gasteiger partial charge in [0.1, 0.15) is 11.8 Å². The van der Waals surface area contributed by atoms with E-state index in [1.807, 2.05) is 145 Å². The molecule has 478 valence electrons. The second kappa shape index (κ2) is 33.4. The third-order valence-electron chi connectivity index (χ3n) is 12.4. The van der Waals surface area contributed by atoms with E-state index in [-0.39, 0.29) is 106 Å². The highest BCUT2D eigenvalue weighted by Gasteiger charge is 2.36. The van der Waals surface area contributed by atoms with Crippen LogP contribution in [0.4, 0.5) is 0 Å². The van der Waals surface area contributed by atoms with Crippen molar-refractivity contribution >= 4 is 41.0 Å². The van der Waals surface area contributed by atoms with E-state index in [1.165, 1.54) is 0 Å². The van der Waals surface area contributed by atoms with Crippen molar-refractivity contribution in [2.24, 2.45) is 16.2 Å². The largest absolute Gasteiger partial charge is 0.352 e. The highest BCUT2D eigenvalue weighted by atomic mass is 16.2. The summed E-state index contributed by atoms with van der Waals surface area (Å²) in [5, 5.41) is 32.3. The van der Waals surface area contributed by atoms with Crippen LogP contribution in [0.25, 0.3) is 0 Å². The first-order valence-electron chi connectivity index (χ1n) is 29.5. The van der Waals surface area contributed by atoms with Gasteiger partial charge in [0.15, 0.2) is 11.6 Å². The van der Waals surface area contributed by atoms with E-state index in [9.17, 15) is 33.6 Å². The highest BCUT2D eigenvalue weighted by Crippen LogP contribution is 2.25. The second-order valence-electron chi connectivity index (χ2n) is 32.4. The van der Waals surface area contributed by atoms with Gasteiger partial charge in [-0.15, -0.1) is 0 Å². The molecule has 0 aliphatic heterocycles. The van der Waals surface area contributed by atoms with Crippen LogP contribution in [0.2, 0.25) is 0 Å². The average Bonchev–Trinajstić information content (AvgIpc) is 3.21. The van der Waals surface area contributed by atoms with Crippen molar-refractivity contribution in [3.63, 3.8) is 0 Å². The molecule has 7 atom stereocenters. The third kappa shape index (κ3) is 42.2. The lowest BCUT2D eigenvalue weighted by atomic mass is 9.85. The van der Waals surface area contributed by atoms with Gasteiger partial charge in [0.2, 0.25) is 23.6 Å². The average molecular weight is 1150 g/mol. The van der Waals surface area contributed by atoms with E-state index in [0.29, 0.717) is 19.3 Å². The second-order valence-corrected chi connectivity index (χ2v) is 32.4. The van der Waals surface area contributed by atoms with Gasteiger partial charge in [-0.25, -0.2) is 0 Å². The molecule has 17 heteroatoms. The van der Waals surface area contributed by atoms with Crippen molar-refractivity contribution in [2.45, 2.75) is 335 Å². The fourth-order valence-corrected chi connectivity index (χ4v) is 8.61. The monoisotopic (exact) mass is 1150 g/mol. The molecule has 0 fully saturated rings. The standard InChI is InChI=1S/C62H122N10O7.2CH4/c1-54(2,3)34-32-42(69-59(16,17)18)48(74)31-28-40(66-53(79)46(72-62(25,26)27)39-65-58(13,14)15)47(73)30-29-41(49(75)36-56(7,8)9)67-52(78)44(68-51(77)43(70-60(19,20)21)33-35-55(4,5)6)37-63-50(76)45(71-61(22,23)24)38-64-57(10,11)12;;/h40-46,64-65,69-72H,28-39H2,1-27H3,(H,63,76)(H,66,79)(H,67,78)(H,68,77);2*1H4. The molecule has 0 aliphatic carbocycles. The number of nitrogens with one attached hydrogen (secondary N) is 10. The van der Waals surface area contributed by atoms with Gasteiger partial charge in [0.05, 0.1) is 36.3 Å². The number of rotatable bonds is 31. The fraction of sp³-hybridized carbons (Fsp3) is 0.891. The van der Waals surface area contributed by atoms with Crippen molar-refractivity contribution in [3.05, 3.63) is 0 Å². The van der Waals surface area contributed by atoms with Crippen LogP contribution < -0.4 is 53.2 Å². The smallest absolute Gasteiger partial charge is 0.244 e. The van der Waals surface area contributed by atoms with Crippen molar-refractivity contribution < 1.29 is 33.6 Å². The van der Waals surface area contributed by atoms with Gasteiger partial charge in [-0.1, -0.05) is 77.2 Å². The topological polar surface area (TPSA) is 240 Å². The molecule has 17 nitrogen and oxygen atoms in total. The Labute approximate surface area is 496 Å². The first-order chi connectivity index (χ1) is 35.1. The summed E-state index contributed by atoms with van der Waals surface area (Å²) in [7, 11) is 0. The molecule has 0 saturated heterocycles. The van der Waals surface area contributed by atoms with Crippen molar-refractivity contribution in [1.82, 2.24) is 53.2 Å². The number of amides is 4. The van der Waals surface area contributed by atoms with E-state index in [4.69, 9.17) is 0 Å². The zero-order chi connectivity index (χ0) is 62.1. The van der Waals surface area contributed by atoms with E-state index in [2.05, 4.69) is 94.7 Å². The Bertz CT molecular complexity index is 1940. The number of hydrogen-bond acceptors (Lipinski definition) is 13. The Morgan fingerprint density at radius 3 is 0.951 bits per heavy atom. The maximum Gasteiger partial charge on any atom is 0.244 e. The number of Topliss-reactive ketones (excluding diaryl/α,β-unsaturated/α-hetero) is 3. The Morgan fingerprint density at radius 1 is 0.296 bits per heavy atom. The first-order valence-corrected chi connectivity index (χ1v) is 29.5. The molecule has 0 spiro atoms. The minimum absolute atomic E-state index is 0. The van der Waals surface area contributed by atoms with Crippen molar-refractivity contribution in [1.29, 1.82) is 0 Å². The molecule has 7 unspecified atom stereocenters. The molecule has 0 aromatic carbocycles. The lowest BCUT2D eigenvalue weighted by Gasteiger charge is -2.33. The Balaban J connectivity index is -0.0000304.